The maximum absolute atomic E-state index is 2.54. The van der Waals surface area contributed by atoms with Crippen molar-refractivity contribution in [3.8, 4) is 50.2 Å². The zero-order chi connectivity index (χ0) is 44.1. The highest BCUT2D eigenvalue weighted by Crippen LogP contribution is 2.59. The van der Waals surface area contributed by atoms with Crippen LogP contribution in [0.15, 0.2) is 255 Å². The normalized spacial score (nSPS) is 14.2. The lowest BCUT2D eigenvalue weighted by molar-refractivity contribution is 0.776. The third-order valence-electron chi connectivity index (χ3n) is 14.9. The molecule has 2 aliphatic rings. The molecule has 1 nitrogen and oxygen atoms in total. The summed E-state index contributed by atoms with van der Waals surface area (Å²) in [5.41, 5.74) is 22.4. The Bertz CT molecular complexity index is 3870. The summed E-state index contributed by atoms with van der Waals surface area (Å²) in [5, 5.41) is 5.00. The van der Waals surface area contributed by atoms with E-state index in [-0.39, 0.29) is 5.92 Å². The molecule has 67 heavy (non-hydrogen) atoms. The van der Waals surface area contributed by atoms with Gasteiger partial charge in [-0.15, -0.1) is 0 Å². The number of nitrogens with zero attached hydrogens (tertiary/aromatic N) is 1. The van der Waals surface area contributed by atoms with Crippen LogP contribution in [0.4, 0.5) is 0 Å². The molecule has 312 valence electrons. The zero-order valence-corrected chi connectivity index (χ0v) is 36.8. The number of hydrogen-bond acceptors (Lipinski definition) is 0. The maximum atomic E-state index is 2.54. The lowest BCUT2D eigenvalue weighted by Crippen LogP contribution is -2.28. The van der Waals surface area contributed by atoms with E-state index in [4.69, 9.17) is 0 Å². The van der Waals surface area contributed by atoms with Crippen LogP contribution in [0.2, 0.25) is 0 Å². The second-order valence-electron chi connectivity index (χ2n) is 18.3. The monoisotopic (exact) mass is 849 g/mol. The van der Waals surface area contributed by atoms with Crippen molar-refractivity contribution in [3.63, 3.8) is 0 Å². The van der Waals surface area contributed by atoms with Crippen LogP contribution >= 0.6 is 0 Å². The first-order valence-corrected chi connectivity index (χ1v) is 23.5. The largest absolute Gasteiger partial charge is 0.309 e. The quantitative estimate of drug-likeness (QED) is 0.157. The van der Waals surface area contributed by atoms with Crippen molar-refractivity contribution in [2.45, 2.75) is 11.3 Å². The van der Waals surface area contributed by atoms with Crippen LogP contribution in [0.1, 0.15) is 44.9 Å². The van der Waals surface area contributed by atoms with Crippen molar-refractivity contribution in [2.75, 3.05) is 0 Å². The second kappa shape index (κ2) is 14.8. The minimum atomic E-state index is -0.564. The summed E-state index contributed by atoms with van der Waals surface area (Å²) < 4.78 is 2.54. The van der Waals surface area contributed by atoms with Crippen molar-refractivity contribution in [1.29, 1.82) is 0 Å². The van der Waals surface area contributed by atoms with Crippen LogP contribution in [0.5, 0.6) is 0 Å². The Morgan fingerprint density at radius 3 is 1.76 bits per heavy atom. The summed E-state index contributed by atoms with van der Waals surface area (Å²) in [5.74, 6) is 0.151. The van der Waals surface area contributed by atoms with Crippen LogP contribution in [-0.4, -0.2) is 4.57 Å². The summed E-state index contributed by atoms with van der Waals surface area (Å²) in [7, 11) is 0. The Balaban J connectivity index is 1.04. The van der Waals surface area contributed by atoms with Crippen LogP contribution in [-0.2, 0) is 5.41 Å². The molecule has 12 aromatic rings. The molecule has 0 spiro atoms. The lowest BCUT2D eigenvalue weighted by Gasteiger charge is -2.34. The predicted octanol–water partition coefficient (Wildman–Crippen LogP) is 16.8. The minimum absolute atomic E-state index is 0.151. The molecule has 1 unspecified atom stereocenters. The molecule has 0 saturated heterocycles. The number of aromatic nitrogens is 1. The molecule has 0 aliphatic heterocycles. The highest BCUT2D eigenvalue weighted by molar-refractivity contribution is 6.17. The fourth-order valence-electron chi connectivity index (χ4n) is 12.2. The van der Waals surface area contributed by atoms with E-state index < -0.39 is 5.41 Å². The molecule has 0 bridgehead atoms. The summed E-state index contributed by atoms with van der Waals surface area (Å²) in [6.07, 6.45) is 0. The fraction of sp³-hybridized carbons (Fsp3) is 0.0303. The van der Waals surface area contributed by atoms with Gasteiger partial charge in [0.05, 0.1) is 22.1 Å². The molecular weight excluding hydrogens is 807 g/mol. The topological polar surface area (TPSA) is 4.93 Å². The molecule has 1 heteroatoms. The molecule has 14 rings (SSSR count). The summed E-state index contributed by atoms with van der Waals surface area (Å²) in [6, 6.07) is 95.2. The van der Waals surface area contributed by atoms with Gasteiger partial charge in [0.25, 0.3) is 0 Å². The van der Waals surface area contributed by atoms with Gasteiger partial charge < -0.3 is 4.57 Å². The highest BCUT2D eigenvalue weighted by atomic mass is 15.0. The minimum Gasteiger partial charge on any atom is -0.309 e. The Morgan fingerprint density at radius 2 is 0.940 bits per heavy atom. The number of rotatable bonds is 6. The number of benzene rings is 11. The van der Waals surface area contributed by atoms with E-state index in [1.807, 2.05) is 0 Å². The van der Waals surface area contributed by atoms with E-state index >= 15 is 0 Å². The third-order valence-corrected chi connectivity index (χ3v) is 14.9. The second-order valence-corrected chi connectivity index (χ2v) is 18.3. The molecule has 0 saturated carbocycles. The average molecular weight is 850 g/mol. The van der Waals surface area contributed by atoms with E-state index in [1.165, 1.54) is 122 Å². The SMILES string of the molecule is c1ccc(-c2cccc(C3c4ccccc4-c4cc(-c5ccc6c(c5)c5c7c(ccc5n6-c5cccc6ccccc56)-c5ccccc5C7(c5ccccc5)c5ccccc5)ccc43)c2)cc1. The van der Waals surface area contributed by atoms with Crippen molar-refractivity contribution in [2.24, 2.45) is 0 Å². The molecule has 0 radical (unpaired) electrons. The van der Waals surface area contributed by atoms with Crippen LogP contribution < -0.4 is 0 Å². The molecule has 0 fully saturated rings. The van der Waals surface area contributed by atoms with Gasteiger partial charge in [0.15, 0.2) is 0 Å². The van der Waals surface area contributed by atoms with Crippen molar-refractivity contribution in [1.82, 2.24) is 4.57 Å². The van der Waals surface area contributed by atoms with Gasteiger partial charge >= 0.3 is 0 Å². The van der Waals surface area contributed by atoms with Gasteiger partial charge in [0, 0.05) is 22.1 Å². The average Bonchev–Trinajstić information content (AvgIpc) is 4.03. The van der Waals surface area contributed by atoms with Crippen LogP contribution in [0.3, 0.4) is 0 Å². The summed E-state index contributed by atoms with van der Waals surface area (Å²) >= 11 is 0. The predicted molar refractivity (Wildman–Crippen MR) is 279 cm³/mol. The van der Waals surface area contributed by atoms with Crippen LogP contribution in [0.25, 0.3) is 82.8 Å². The molecular formula is C66H43N. The van der Waals surface area contributed by atoms with Gasteiger partial charge in [-0.25, -0.2) is 0 Å². The number of hydrogen-bond donors (Lipinski definition) is 0. The molecule has 1 aromatic heterocycles. The third kappa shape index (κ3) is 5.49. The molecule has 1 heterocycles. The molecule has 11 aromatic carbocycles. The highest BCUT2D eigenvalue weighted by Gasteiger charge is 2.48. The summed E-state index contributed by atoms with van der Waals surface area (Å²) in [4.78, 5) is 0. The molecule has 1 atom stereocenters. The van der Waals surface area contributed by atoms with Crippen molar-refractivity contribution < 1.29 is 0 Å². The number of fused-ring (bicyclic) bond motifs is 11. The maximum Gasteiger partial charge on any atom is 0.0720 e. The molecule has 0 amide bonds. The van der Waals surface area contributed by atoms with Crippen LogP contribution in [0, 0.1) is 0 Å². The molecule has 0 N–H and O–H groups in total. The van der Waals surface area contributed by atoms with Crippen molar-refractivity contribution >= 4 is 32.6 Å². The first-order valence-electron chi connectivity index (χ1n) is 23.5. The van der Waals surface area contributed by atoms with E-state index in [1.54, 1.807) is 0 Å². The van der Waals surface area contributed by atoms with Gasteiger partial charge in [-0.1, -0.05) is 224 Å². The standard InChI is InChI=1S/C66H43N/c1-4-18-43(19-5-1)45-22-16-23-48(40-45)63-54-31-13-12-29-52(54)57-41-46(34-36-55(57)63)47-35-38-61-58(42-47)64-62(67(61)60-33-17-21-44-20-10-11-28-51(44)60)39-37-56-53-30-14-15-32-59(53)66(65(56)64,49-24-6-2-7-25-49)50-26-8-3-9-27-50/h1-42,63H. The van der Waals surface area contributed by atoms with E-state index in [9.17, 15) is 0 Å². The van der Waals surface area contributed by atoms with E-state index in [2.05, 4.69) is 259 Å². The van der Waals surface area contributed by atoms with Gasteiger partial charge in [-0.2, -0.15) is 0 Å². The van der Waals surface area contributed by atoms with Gasteiger partial charge in [-0.3, -0.25) is 0 Å². The Morgan fingerprint density at radius 1 is 0.343 bits per heavy atom. The smallest absolute Gasteiger partial charge is 0.0720 e. The van der Waals surface area contributed by atoms with E-state index in [0.29, 0.717) is 0 Å². The zero-order valence-electron chi connectivity index (χ0n) is 36.8. The van der Waals surface area contributed by atoms with Gasteiger partial charge in [0.2, 0.25) is 0 Å². The molecule has 2 aliphatic carbocycles. The van der Waals surface area contributed by atoms with Gasteiger partial charge in [-0.05, 0) is 119 Å². The fourth-order valence-corrected chi connectivity index (χ4v) is 12.2. The van der Waals surface area contributed by atoms with Gasteiger partial charge in [0.1, 0.15) is 0 Å². The first-order chi connectivity index (χ1) is 33.3. The Kier molecular flexibility index (Phi) is 8.33. The van der Waals surface area contributed by atoms with Crippen molar-refractivity contribution in [3.05, 3.63) is 294 Å². The Hall–Kier alpha value is -8.52. The Labute approximate surface area is 390 Å². The lowest BCUT2D eigenvalue weighted by atomic mass is 9.67. The summed E-state index contributed by atoms with van der Waals surface area (Å²) in [6.45, 7) is 0. The first kappa shape index (κ1) is 37.8. The van der Waals surface area contributed by atoms with E-state index in [0.717, 1.165) is 0 Å².